The molecule has 21 heavy (non-hydrogen) atoms. The van der Waals surface area contributed by atoms with Crippen molar-refractivity contribution in [3.05, 3.63) is 59.0 Å². The molecule has 1 aromatic carbocycles. The SMILES string of the molecule is C=CCNC(=O)c1cnc(Nc2c(Cl)cccc2Cl)cn1. The van der Waals surface area contributed by atoms with Crippen molar-refractivity contribution >= 4 is 40.6 Å². The van der Waals surface area contributed by atoms with Gasteiger partial charge in [0.25, 0.3) is 5.91 Å². The lowest BCUT2D eigenvalue weighted by molar-refractivity contribution is 0.0952. The van der Waals surface area contributed by atoms with Crippen molar-refractivity contribution in [3.8, 4) is 0 Å². The Labute approximate surface area is 132 Å². The maximum Gasteiger partial charge on any atom is 0.271 e. The third kappa shape index (κ3) is 3.93. The van der Waals surface area contributed by atoms with Crippen LogP contribution < -0.4 is 10.6 Å². The molecule has 1 heterocycles. The molecule has 0 bridgehead atoms. The normalized spacial score (nSPS) is 10.0. The van der Waals surface area contributed by atoms with E-state index in [1.807, 2.05) is 0 Å². The molecule has 7 heteroatoms. The first-order valence-electron chi connectivity index (χ1n) is 6.04. The summed E-state index contributed by atoms with van der Waals surface area (Å²) >= 11 is 12.1. The monoisotopic (exact) mass is 322 g/mol. The molecule has 0 unspecified atom stereocenters. The van der Waals surface area contributed by atoms with Crippen molar-refractivity contribution in [1.29, 1.82) is 0 Å². The molecule has 2 aromatic rings. The van der Waals surface area contributed by atoms with E-state index in [-0.39, 0.29) is 11.6 Å². The summed E-state index contributed by atoms with van der Waals surface area (Å²) in [6.07, 6.45) is 4.38. The highest BCUT2D eigenvalue weighted by Gasteiger charge is 2.09. The number of amides is 1. The van der Waals surface area contributed by atoms with E-state index in [0.717, 1.165) is 0 Å². The van der Waals surface area contributed by atoms with Crippen LogP contribution >= 0.6 is 23.2 Å². The number of anilines is 2. The van der Waals surface area contributed by atoms with E-state index in [0.29, 0.717) is 28.1 Å². The summed E-state index contributed by atoms with van der Waals surface area (Å²) < 4.78 is 0. The largest absolute Gasteiger partial charge is 0.347 e. The van der Waals surface area contributed by atoms with Gasteiger partial charge in [0, 0.05) is 6.54 Å². The van der Waals surface area contributed by atoms with Gasteiger partial charge in [-0.3, -0.25) is 4.79 Å². The Hall–Kier alpha value is -2.11. The molecule has 0 aliphatic carbocycles. The average molecular weight is 323 g/mol. The second-order valence-electron chi connectivity index (χ2n) is 4.01. The van der Waals surface area contributed by atoms with Gasteiger partial charge in [0.1, 0.15) is 11.5 Å². The Balaban J connectivity index is 2.12. The minimum Gasteiger partial charge on any atom is -0.347 e. The number of benzene rings is 1. The molecule has 5 nitrogen and oxygen atoms in total. The molecule has 1 aromatic heterocycles. The first-order valence-corrected chi connectivity index (χ1v) is 6.79. The van der Waals surface area contributed by atoms with E-state index in [4.69, 9.17) is 23.2 Å². The Morgan fingerprint density at radius 1 is 1.24 bits per heavy atom. The van der Waals surface area contributed by atoms with E-state index in [1.54, 1.807) is 24.3 Å². The summed E-state index contributed by atoms with van der Waals surface area (Å²) in [5, 5.41) is 6.52. The summed E-state index contributed by atoms with van der Waals surface area (Å²) in [5.74, 6) is 0.120. The van der Waals surface area contributed by atoms with E-state index in [2.05, 4.69) is 27.2 Å². The van der Waals surface area contributed by atoms with E-state index in [1.165, 1.54) is 12.4 Å². The van der Waals surface area contributed by atoms with Crippen LogP contribution in [0.25, 0.3) is 0 Å². The quantitative estimate of drug-likeness (QED) is 0.827. The maximum atomic E-state index is 11.7. The maximum absolute atomic E-state index is 11.7. The number of hydrogen-bond acceptors (Lipinski definition) is 4. The number of carbonyl (C=O) groups is 1. The van der Waals surface area contributed by atoms with Crippen molar-refractivity contribution < 1.29 is 4.79 Å². The van der Waals surface area contributed by atoms with Crippen LogP contribution in [0, 0.1) is 0 Å². The summed E-state index contributed by atoms with van der Waals surface area (Å²) in [6.45, 7) is 3.89. The molecular formula is C14H12Cl2N4O. The zero-order chi connectivity index (χ0) is 15.2. The molecule has 0 atom stereocenters. The molecule has 0 aliphatic heterocycles. The predicted molar refractivity (Wildman–Crippen MR) is 84.3 cm³/mol. The van der Waals surface area contributed by atoms with Gasteiger partial charge < -0.3 is 10.6 Å². The van der Waals surface area contributed by atoms with Gasteiger partial charge in [-0.1, -0.05) is 35.3 Å². The Bertz CT molecular complexity index is 638. The van der Waals surface area contributed by atoms with Gasteiger partial charge in [-0.2, -0.15) is 0 Å². The van der Waals surface area contributed by atoms with Gasteiger partial charge >= 0.3 is 0 Å². The lowest BCUT2D eigenvalue weighted by Gasteiger charge is -2.09. The lowest BCUT2D eigenvalue weighted by atomic mass is 10.3. The van der Waals surface area contributed by atoms with Gasteiger partial charge in [-0.15, -0.1) is 6.58 Å². The molecule has 1 amide bonds. The molecular weight excluding hydrogens is 311 g/mol. The summed E-state index contributed by atoms with van der Waals surface area (Å²) in [4.78, 5) is 19.8. The highest BCUT2D eigenvalue weighted by Crippen LogP contribution is 2.31. The minimum absolute atomic E-state index is 0.215. The van der Waals surface area contributed by atoms with Crippen molar-refractivity contribution in [1.82, 2.24) is 15.3 Å². The number of nitrogens with zero attached hydrogens (tertiary/aromatic N) is 2. The van der Waals surface area contributed by atoms with Crippen molar-refractivity contribution in [2.75, 3.05) is 11.9 Å². The average Bonchev–Trinajstić information content (AvgIpc) is 2.49. The minimum atomic E-state index is -0.315. The number of carbonyl (C=O) groups excluding carboxylic acids is 1. The van der Waals surface area contributed by atoms with Crippen LogP contribution in [-0.2, 0) is 0 Å². The Kier molecular flexibility index (Phi) is 5.14. The molecule has 0 fully saturated rings. The third-order valence-corrected chi connectivity index (χ3v) is 3.14. The number of aromatic nitrogens is 2. The highest BCUT2D eigenvalue weighted by atomic mass is 35.5. The van der Waals surface area contributed by atoms with Crippen LogP contribution in [0.3, 0.4) is 0 Å². The second kappa shape index (κ2) is 7.06. The van der Waals surface area contributed by atoms with Crippen molar-refractivity contribution in [3.63, 3.8) is 0 Å². The van der Waals surface area contributed by atoms with Gasteiger partial charge in [0.05, 0.1) is 28.1 Å². The Morgan fingerprint density at radius 2 is 1.95 bits per heavy atom. The number of halogens is 2. The van der Waals surface area contributed by atoms with Crippen LogP contribution in [0.4, 0.5) is 11.5 Å². The standard InChI is InChI=1S/C14H12Cl2N4O/c1-2-6-17-14(21)11-7-19-12(8-18-11)20-13-9(15)4-3-5-10(13)16/h2-5,7-8H,1,6H2,(H,17,21)(H,19,20). The topological polar surface area (TPSA) is 66.9 Å². The third-order valence-electron chi connectivity index (χ3n) is 2.51. The number of hydrogen-bond donors (Lipinski definition) is 2. The lowest BCUT2D eigenvalue weighted by Crippen LogP contribution is -2.24. The molecule has 0 aliphatic rings. The fraction of sp³-hybridized carbons (Fsp3) is 0.0714. The smallest absolute Gasteiger partial charge is 0.271 e. The van der Waals surface area contributed by atoms with Crippen LogP contribution in [0.1, 0.15) is 10.5 Å². The van der Waals surface area contributed by atoms with Crippen LogP contribution in [0.5, 0.6) is 0 Å². The van der Waals surface area contributed by atoms with Crippen LogP contribution in [0.2, 0.25) is 10.0 Å². The second-order valence-corrected chi connectivity index (χ2v) is 4.82. The van der Waals surface area contributed by atoms with Crippen LogP contribution in [-0.4, -0.2) is 22.4 Å². The Morgan fingerprint density at radius 3 is 2.52 bits per heavy atom. The van der Waals surface area contributed by atoms with Crippen LogP contribution in [0.15, 0.2) is 43.2 Å². The number of nitrogens with one attached hydrogen (secondary N) is 2. The molecule has 0 spiro atoms. The summed E-state index contributed by atoms with van der Waals surface area (Å²) in [7, 11) is 0. The van der Waals surface area contributed by atoms with Crippen molar-refractivity contribution in [2.24, 2.45) is 0 Å². The zero-order valence-corrected chi connectivity index (χ0v) is 12.4. The van der Waals surface area contributed by atoms with Gasteiger partial charge in [-0.25, -0.2) is 9.97 Å². The molecule has 2 rings (SSSR count). The molecule has 2 N–H and O–H groups in total. The van der Waals surface area contributed by atoms with Gasteiger partial charge in [-0.05, 0) is 12.1 Å². The molecule has 0 radical (unpaired) electrons. The fourth-order valence-electron chi connectivity index (χ4n) is 1.51. The highest BCUT2D eigenvalue weighted by molar-refractivity contribution is 6.39. The van der Waals surface area contributed by atoms with E-state index >= 15 is 0 Å². The number of para-hydroxylation sites is 1. The molecule has 108 valence electrons. The first-order chi connectivity index (χ1) is 10.1. The van der Waals surface area contributed by atoms with Gasteiger partial charge in [0.15, 0.2) is 0 Å². The number of rotatable bonds is 5. The van der Waals surface area contributed by atoms with Crippen molar-refractivity contribution in [2.45, 2.75) is 0 Å². The molecule has 0 saturated carbocycles. The van der Waals surface area contributed by atoms with E-state index in [9.17, 15) is 4.79 Å². The summed E-state index contributed by atoms with van der Waals surface area (Å²) in [5.41, 5.74) is 0.756. The first kappa shape index (κ1) is 15.3. The van der Waals surface area contributed by atoms with Gasteiger partial charge in [0.2, 0.25) is 0 Å². The predicted octanol–water partition coefficient (Wildman–Crippen LogP) is 3.44. The zero-order valence-electron chi connectivity index (χ0n) is 10.9. The van der Waals surface area contributed by atoms with E-state index < -0.39 is 0 Å². The fourth-order valence-corrected chi connectivity index (χ4v) is 2.00. The summed E-state index contributed by atoms with van der Waals surface area (Å²) in [6, 6.07) is 5.16. The molecule has 0 saturated heterocycles.